The Labute approximate surface area is 114 Å². The van der Waals surface area contributed by atoms with E-state index in [9.17, 15) is 4.79 Å². The van der Waals surface area contributed by atoms with Crippen LogP contribution in [-0.2, 0) is 13.1 Å². The first-order chi connectivity index (χ1) is 9.24. The summed E-state index contributed by atoms with van der Waals surface area (Å²) in [6, 6.07) is 5.88. The summed E-state index contributed by atoms with van der Waals surface area (Å²) in [5.41, 5.74) is 3.22. The Balaban J connectivity index is 1.92. The molecule has 0 radical (unpaired) electrons. The molecular weight excluding hydrogens is 240 g/mol. The number of hydrogen-bond acceptors (Lipinski definition) is 3. The van der Waals surface area contributed by atoms with Gasteiger partial charge in [-0.1, -0.05) is 19.4 Å². The molecule has 104 valence electrons. The first-order valence-corrected chi connectivity index (χ1v) is 6.96. The van der Waals surface area contributed by atoms with E-state index < -0.39 is 0 Å². The number of hydrogen-bond donors (Lipinski definition) is 3. The number of aliphatic hydroxyl groups excluding tert-OH is 1. The van der Waals surface area contributed by atoms with Crippen molar-refractivity contribution in [3.8, 4) is 0 Å². The van der Waals surface area contributed by atoms with Gasteiger partial charge >= 0.3 is 0 Å². The molecule has 1 unspecified atom stereocenters. The largest absolute Gasteiger partial charge is 0.396 e. The number of carbonyl (C=O) groups is 1. The fourth-order valence-corrected chi connectivity index (χ4v) is 2.41. The number of nitrogens with one attached hydrogen (secondary N) is 2. The topological polar surface area (TPSA) is 61.4 Å². The van der Waals surface area contributed by atoms with E-state index in [-0.39, 0.29) is 12.5 Å². The molecule has 0 spiro atoms. The molecule has 1 aromatic carbocycles. The number of fused-ring (bicyclic) bond motifs is 1. The lowest BCUT2D eigenvalue weighted by molar-refractivity contribution is 0.0943. The van der Waals surface area contributed by atoms with E-state index >= 15 is 0 Å². The number of carbonyl (C=O) groups excluding carboxylic acids is 1. The Morgan fingerprint density at radius 1 is 1.42 bits per heavy atom. The molecule has 0 aromatic heterocycles. The lowest BCUT2D eigenvalue weighted by Gasteiger charge is -2.14. The highest BCUT2D eigenvalue weighted by molar-refractivity contribution is 5.94. The first kappa shape index (κ1) is 14.0. The maximum Gasteiger partial charge on any atom is 0.251 e. The molecule has 4 nitrogen and oxygen atoms in total. The van der Waals surface area contributed by atoms with Crippen LogP contribution in [0.1, 0.15) is 41.3 Å². The van der Waals surface area contributed by atoms with Crippen LogP contribution in [0.15, 0.2) is 18.2 Å². The Hall–Kier alpha value is -1.39. The van der Waals surface area contributed by atoms with Crippen LogP contribution in [0.3, 0.4) is 0 Å². The van der Waals surface area contributed by atoms with Gasteiger partial charge in [0.25, 0.3) is 5.91 Å². The van der Waals surface area contributed by atoms with Gasteiger partial charge in [0.1, 0.15) is 0 Å². The third-order valence-corrected chi connectivity index (χ3v) is 3.77. The zero-order valence-electron chi connectivity index (χ0n) is 11.4. The SMILES string of the molecule is CCC(CCO)CNC(=O)c1ccc2c(c1)CNC2. The Morgan fingerprint density at radius 2 is 2.21 bits per heavy atom. The zero-order valence-corrected chi connectivity index (χ0v) is 11.4. The minimum absolute atomic E-state index is 0.0221. The minimum atomic E-state index is -0.0221. The zero-order chi connectivity index (χ0) is 13.7. The predicted molar refractivity (Wildman–Crippen MR) is 74.8 cm³/mol. The average Bonchev–Trinajstić information content (AvgIpc) is 2.90. The van der Waals surface area contributed by atoms with Gasteiger partial charge < -0.3 is 15.7 Å². The van der Waals surface area contributed by atoms with Crippen LogP contribution < -0.4 is 10.6 Å². The number of aliphatic hydroxyl groups is 1. The molecule has 1 amide bonds. The quantitative estimate of drug-likeness (QED) is 0.727. The number of benzene rings is 1. The lowest BCUT2D eigenvalue weighted by Crippen LogP contribution is -2.29. The molecular formula is C15H22N2O2. The molecule has 1 aromatic rings. The van der Waals surface area contributed by atoms with Crippen molar-refractivity contribution in [2.24, 2.45) is 5.92 Å². The van der Waals surface area contributed by atoms with Crippen molar-refractivity contribution in [3.05, 3.63) is 34.9 Å². The second kappa shape index (κ2) is 6.68. The molecule has 0 saturated carbocycles. The van der Waals surface area contributed by atoms with Gasteiger partial charge in [-0.3, -0.25) is 4.79 Å². The van der Waals surface area contributed by atoms with Gasteiger partial charge in [0.15, 0.2) is 0 Å². The van der Waals surface area contributed by atoms with Crippen LogP contribution in [0, 0.1) is 5.92 Å². The molecule has 0 aliphatic carbocycles. The maximum absolute atomic E-state index is 12.1. The molecule has 3 N–H and O–H groups in total. The highest BCUT2D eigenvalue weighted by Gasteiger charge is 2.14. The van der Waals surface area contributed by atoms with Crippen molar-refractivity contribution in [1.82, 2.24) is 10.6 Å². The van der Waals surface area contributed by atoms with E-state index in [1.54, 1.807) is 0 Å². The van der Waals surface area contributed by atoms with Crippen molar-refractivity contribution in [2.45, 2.75) is 32.9 Å². The fraction of sp³-hybridized carbons (Fsp3) is 0.533. The maximum atomic E-state index is 12.1. The van der Waals surface area contributed by atoms with Crippen LogP contribution in [0.4, 0.5) is 0 Å². The van der Waals surface area contributed by atoms with Crippen molar-refractivity contribution in [3.63, 3.8) is 0 Å². The standard InChI is InChI=1S/C15H22N2O2/c1-2-11(5-6-18)8-17-15(19)12-3-4-13-9-16-10-14(13)7-12/h3-4,7,11,16,18H,2,5-6,8-10H2,1H3,(H,17,19). The molecule has 1 heterocycles. The van der Waals surface area contributed by atoms with Gasteiger partial charge in [-0.05, 0) is 35.6 Å². The van der Waals surface area contributed by atoms with Crippen molar-refractivity contribution < 1.29 is 9.90 Å². The van der Waals surface area contributed by atoms with Crippen LogP contribution in [0.2, 0.25) is 0 Å². The van der Waals surface area contributed by atoms with Gasteiger partial charge in [0, 0.05) is 31.8 Å². The van der Waals surface area contributed by atoms with Crippen molar-refractivity contribution in [1.29, 1.82) is 0 Å². The minimum Gasteiger partial charge on any atom is -0.396 e. The second-order valence-corrected chi connectivity index (χ2v) is 5.08. The van der Waals surface area contributed by atoms with Crippen LogP contribution in [0.5, 0.6) is 0 Å². The van der Waals surface area contributed by atoms with E-state index in [0.717, 1.165) is 31.5 Å². The van der Waals surface area contributed by atoms with E-state index in [0.29, 0.717) is 12.5 Å². The van der Waals surface area contributed by atoms with Gasteiger partial charge in [-0.25, -0.2) is 0 Å². The average molecular weight is 262 g/mol. The molecule has 4 heteroatoms. The first-order valence-electron chi connectivity index (χ1n) is 6.96. The summed E-state index contributed by atoms with van der Waals surface area (Å²) in [6.45, 7) is 4.63. The van der Waals surface area contributed by atoms with E-state index in [1.807, 2.05) is 18.2 Å². The summed E-state index contributed by atoms with van der Waals surface area (Å²) in [4.78, 5) is 12.1. The van der Waals surface area contributed by atoms with Crippen molar-refractivity contribution in [2.75, 3.05) is 13.2 Å². The number of amides is 1. The third kappa shape index (κ3) is 3.55. The Bertz CT molecular complexity index is 446. The summed E-state index contributed by atoms with van der Waals surface area (Å²) in [7, 11) is 0. The fourth-order valence-electron chi connectivity index (χ4n) is 2.41. The summed E-state index contributed by atoms with van der Waals surface area (Å²) in [6.07, 6.45) is 1.71. The van der Waals surface area contributed by atoms with E-state index in [1.165, 1.54) is 11.1 Å². The highest BCUT2D eigenvalue weighted by Crippen LogP contribution is 2.17. The smallest absolute Gasteiger partial charge is 0.251 e. The van der Waals surface area contributed by atoms with E-state index in [4.69, 9.17) is 5.11 Å². The van der Waals surface area contributed by atoms with Crippen LogP contribution >= 0.6 is 0 Å². The van der Waals surface area contributed by atoms with Crippen LogP contribution in [-0.4, -0.2) is 24.2 Å². The van der Waals surface area contributed by atoms with Gasteiger partial charge in [0.2, 0.25) is 0 Å². The summed E-state index contributed by atoms with van der Waals surface area (Å²) >= 11 is 0. The third-order valence-electron chi connectivity index (χ3n) is 3.77. The predicted octanol–water partition coefficient (Wildman–Crippen LogP) is 1.43. The molecule has 1 aliphatic rings. The second-order valence-electron chi connectivity index (χ2n) is 5.08. The van der Waals surface area contributed by atoms with Crippen LogP contribution in [0.25, 0.3) is 0 Å². The molecule has 0 fully saturated rings. The van der Waals surface area contributed by atoms with Gasteiger partial charge in [0.05, 0.1) is 0 Å². The van der Waals surface area contributed by atoms with Crippen molar-refractivity contribution >= 4 is 5.91 Å². The summed E-state index contributed by atoms with van der Waals surface area (Å²) in [5, 5.41) is 15.2. The molecule has 1 atom stereocenters. The molecule has 1 aliphatic heterocycles. The molecule has 0 saturated heterocycles. The summed E-state index contributed by atoms with van der Waals surface area (Å²) < 4.78 is 0. The Kier molecular flexibility index (Phi) is 4.93. The molecule has 2 rings (SSSR count). The summed E-state index contributed by atoms with van der Waals surface area (Å²) in [5.74, 6) is 0.330. The monoisotopic (exact) mass is 262 g/mol. The normalized spacial score (nSPS) is 15.1. The Morgan fingerprint density at radius 3 is 2.95 bits per heavy atom. The molecule has 0 bridgehead atoms. The molecule has 19 heavy (non-hydrogen) atoms. The number of rotatable bonds is 6. The van der Waals surface area contributed by atoms with E-state index in [2.05, 4.69) is 17.6 Å². The lowest BCUT2D eigenvalue weighted by atomic mass is 10.0. The van der Waals surface area contributed by atoms with Gasteiger partial charge in [-0.15, -0.1) is 0 Å². The van der Waals surface area contributed by atoms with Gasteiger partial charge in [-0.2, -0.15) is 0 Å². The highest BCUT2D eigenvalue weighted by atomic mass is 16.3.